The van der Waals surface area contributed by atoms with E-state index in [9.17, 15) is 14.4 Å². The Kier molecular flexibility index (Phi) is 5.25. The lowest BCUT2D eigenvalue weighted by Gasteiger charge is -2.14. The van der Waals surface area contributed by atoms with Crippen molar-refractivity contribution in [3.63, 3.8) is 0 Å². The Balaban J connectivity index is 1.39. The molecule has 1 aliphatic rings. The van der Waals surface area contributed by atoms with Crippen LogP contribution in [0.2, 0.25) is 5.02 Å². The number of imide groups is 1. The summed E-state index contributed by atoms with van der Waals surface area (Å²) in [6, 6.07) is 18.3. The molecule has 0 aliphatic carbocycles. The van der Waals surface area contributed by atoms with Gasteiger partial charge in [-0.25, -0.2) is 4.90 Å². The Morgan fingerprint density at radius 3 is 2.20 bits per heavy atom. The van der Waals surface area contributed by atoms with Crippen molar-refractivity contribution in [2.75, 3.05) is 16.8 Å². The lowest BCUT2D eigenvalue weighted by molar-refractivity contribution is -0.118. The molecule has 30 heavy (non-hydrogen) atoms. The number of anilines is 2. The van der Waals surface area contributed by atoms with Crippen LogP contribution in [0, 0.1) is 6.92 Å². The SMILES string of the molecule is Cc1cc(OCC(=O)Nc2ccc(N3C(=O)c4ccccc4C3=O)cc2)ccc1Cl. The second kappa shape index (κ2) is 8.00. The number of amides is 3. The van der Waals surface area contributed by atoms with Gasteiger partial charge in [0.25, 0.3) is 17.7 Å². The first kappa shape index (κ1) is 19.7. The van der Waals surface area contributed by atoms with Crippen LogP contribution in [-0.2, 0) is 4.79 Å². The molecule has 3 amide bonds. The van der Waals surface area contributed by atoms with E-state index >= 15 is 0 Å². The Labute approximate surface area is 178 Å². The van der Waals surface area contributed by atoms with Crippen LogP contribution in [-0.4, -0.2) is 24.3 Å². The van der Waals surface area contributed by atoms with Crippen LogP contribution in [0.5, 0.6) is 5.75 Å². The third-order valence-corrected chi connectivity index (χ3v) is 5.13. The number of fused-ring (bicyclic) bond motifs is 1. The summed E-state index contributed by atoms with van der Waals surface area (Å²) in [4.78, 5) is 38.4. The number of ether oxygens (including phenoxy) is 1. The number of hydrogen-bond donors (Lipinski definition) is 1. The van der Waals surface area contributed by atoms with Gasteiger partial charge in [-0.05, 0) is 67.1 Å². The molecule has 1 N–H and O–H groups in total. The molecule has 0 bridgehead atoms. The second-order valence-corrected chi connectivity index (χ2v) is 7.19. The first-order valence-corrected chi connectivity index (χ1v) is 9.58. The number of halogens is 1. The molecule has 7 heteroatoms. The molecule has 0 saturated carbocycles. The molecule has 3 aromatic rings. The summed E-state index contributed by atoms with van der Waals surface area (Å²) in [6.07, 6.45) is 0. The third-order valence-electron chi connectivity index (χ3n) is 4.70. The first-order chi connectivity index (χ1) is 14.4. The van der Waals surface area contributed by atoms with E-state index in [2.05, 4.69) is 5.32 Å². The summed E-state index contributed by atoms with van der Waals surface area (Å²) in [5, 5.41) is 3.35. The lowest BCUT2D eigenvalue weighted by atomic mass is 10.1. The number of aryl methyl sites for hydroxylation is 1. The number of hydrogen-bond acceptors (Lipinski definition) is 4. The summed E-state index contributed by atoms with van der Waals surface area (Å²) in [5.74, 6) is -0.512. The third kappa shape index (κ3) is 3.77. The van der Waals surface area contributed by atoms with Gasteiger partial charge >= 0.3 is 0 Å². The van der Waals surface area contributed by atoms with E-state index in [0.29, 0.717) is 33.3 Å². The zero-order valence-corrected chi connectivity index (χ0v) is 16.8. The van der Waals surface area contributed by atoms with E-state index in [-0.39, 0.29) is 24.3 Å². The molecule has 0 unspecified atom stereocenters. The Hall–Kier alpha value is -3.64. The summed E-state index contributed by atoms with van der Waals surface area (Å²) in [7, 11) is 0. The smallest absolute Gasteiger partial charge is 0.266 e. The van der Waals surface area contributed by atoms with Crippen LogP contribution in [0.15, 0.2) is 66.7 Å². The van der Waals surface area contributed by atoms with Crippen LogP contribution >= 0.6 is 11.6 Å². The van der Waals surface area contributed by atoms with E-state index in [1.165, 1.54) is 0 Å². The van der Waals surface area contributed by atoms with Crippen molar-refractivity contribution in [2.24, 2.45) is 0 Å². The van der Waals surface area contributed by atoms with Crippen molar-refractivity contribution in [1.29, 1.82) is 0 Å². The largest absolute Gasteiger partial charge is 0.484 e. The fourth-order valence-corrected chi connectivity index (χ4v) is 3.29. The van der Waals surface area contributed by atoms with Gasteiger partial charge in [-0.3, -0.25) is 14.4 Å². The van der Waals surface area contributed by atoms with E-state index in [1.807, 2.05) is 6.92 Å². The monoisotopic (exact) mass is 420 g/mol. The predicted molar refractivity (Wildman–Crippen MR) is 114 cm³/mol. The number of carbonyl (C=O) groups is 3. The number of benzene rings is 3. The van der Waals surface area contributed by atoms with E-state index in [4.69, 9.17) is 16.3 Å². The highest BCUT2D eigenvalue weighted by atomic mass is 35.5. The van der Waals surface area contributed by atoms with Crippen molar-refractivity contribution in [1.82, 2.24) is 0 Å². The van der Waals surface area contributed by atoms with Crippen LogP contribution < -0.4 is 15.0 Å². The first-order valence-electron chi connectivity index (χ1n) is 9.21. The summed E-state index contributed by atoms with van der Waals surface area (Å²) < 4.78 is 5.48. The Morgan fingerprint density at radius 2 is 1.60 bits per heavy atom. The van der Waals surface area contributed by atoms with E-state index < -0.39 is 0 Å². The average Bonchev–Trinajstić information content (AvgIpc) is 3.00. The quantitative estimate of drug-likeness (QED) is 0.618. The fraction of sp³-hybridized carbons (Fsp3) is 0.0870. The van der Waals surface area contributed by atoms with Gasteiger partial charge in [0.15, 0.2) is 6.61 Å². The molecule has 0 aromatic heterocycles. The Bertz CT molecular complexity index is 1120. The molecule has 0 atom stereocenters. The zero-order valence-electron chi connectivity index (χ0n) is 16.0. The van der Waals surface area contributed by atoms with Gasteiger partial charge < -0.3 is 10.1 Å². The van der Waals surface area contributed by atoms with Crippen molar-refractivity contribution in [3.8, 4) is 5.75 Å². The molecule has 1 aliphatic heterocycles. The lowest BCUT2D eigenvalue weighted by Crippen LogP contribution is -2.29. The number of nitrogens with one attached hydrogen (secondary N) is 1. The minimum Gasteiger partial charge on any atom is -0.484 e. The highest BCUT2D eigenvalue weighted by Gasteiger charge is 2.36. The fourth-order valence-electron chi connectivity index (χ4n) is 3.17. The average molecular weight is 421 g/mol. The molecule has 1 heterocycles. The van der Waals surface area contributed by atoms with Crippen molar-refractivity contribution < 1.29 is 19.1 Å². The standard InChI is InChI=1S/C23H17ClN2O4/c1-14-12-17(10-11-20(14)24)30-13-21(27)25-15-6-8-16(9-7-15)26-22(28)18-4-2-3-5-19(18)23(26)29/h2-12H,13H2,1H3,(H,25,27). The molecule has 0 spiro atoms. The van der Waals surface area contributed by atoms with Gasteiger partial charge in [-0.2, -0.15) is 0 Å². The van der Waals surface area contributed by atoms with E-state index in [0.717, 1.165) is 10.5 Å². The highest BCUT2D eigenvalue weighted by molar-refractivity contribution is 6.34. The molecule has 4 rings (SSSR count). The molecular weight excluding hydrogens is 404 g/mol. The molecule has 150 valence electrons. The van der Waals surface area contributed by atoms with Gasteiger partial charge in [-0.1, -0.05) is 23.7 Å². The number of nitrogens with zero attached hydrogens (tertiary/aromatic N) is 1. The summed E-state index contributed by atoms with van der Waals surface area (Å²) in [5.41, 5.74) is 2.59. The molecule has 6 nitrogen and oxygen atoms in total. The number of carbonyl (C=O) groups excluding carboxylic acids is 3. The maximum Gasteiger partial charge on any atom is 0.266 e. The molecular formula is C23H17ClN2O4. The molecule has 0 radical (unpaired) electrons. The van der Waals surface area contributed by atoms with Crippen LogP contribution in [0.1, 0.15) is 26.3 Å². The normalized spacial score (nSPS) is 12.7. The van der Waals surface area contributed by atoms with Crippen molar-refractivity contribution in [3.05, 3.63) is 88.4 Å². The van der Waals surface area contributed by atoms with Crippen LogP contribution in [0.25, 0.3) is 0 Å². The van der Waals surface area contributed by atoms with E-state index in [1.54, 1.807) is 66.7 Å². The van der Waals surface area contributed by atoms with Gasteiger partial charge in [0, 0.05) is 10.7 Å². The summed E-state index contributed by atoms with van der Waals surface area (Å²) in [6.45, 7) is 1.69. The predicted octanol–water partition coefficient (Wildman–Crippen LogP) is 4.47. The van der Waals surface area contributed by atoms with Gasteiger partial charge in [0.1, 0.15) is 5.75 Å². The van der Waals surface area contributed by atoms with Crippen molar-refractivity contribution in [2.45, 2.75) is 6.92 Å². The van der Waals surface area contributed by atoms with Crippen molar-refractivity contribution >= 4 is 40.7 Å². The highest BCUT2D eigenvalue weighted by Crippen LogP contribution is 2.29. The second-order valence-electron chi connectivity index (χ2n) is 6.79. The number of rotatable bonds is 5. The molecule has 0 saturated heterocycles. The maximum absolute atomic E-state index is 12.5. The molecule has 3 aromatic carbocycles. The van der Waals surface area contributed by atoms with Gasteiger partial charge in [0.2, 0.25) is 0 Å². The van der Waals surface area contributed by atoms with Crippen LogP contribution in [0.3, 0.4) is 0 Å². The minimum absolute atomic E-state index is 0.165. The van der Waals surface area contributed by atoms with Gasteiger partial charge in [0.05, 0.1) is 16.8 Å². The molecule has 0 fully saturated rings. The van der Waals surface area contributed by atoms with Crippen LogP contribution in [0.4, 0.5) is 11.4 Å². The zero-order chi connectivity index (χ0) is 21.3. The summed E-state index contributed by atoms with van der Waals surface area (Å²) >= 11 is 5.97. The topological polar surface area (TPSA) is 75.7 Å². The minimum atomic E-state index is -0.362. The Morgan fingerprint density at radius 1 is 0.967 bits per heavy atom. The maximum atomic E-state index is 12.5. The van der Waals surface area contributed by atoms with Gasteiger partial charge in [-0.15, -0.1) is 0 Å².